The molecule has 10 heteroatoms. The van der Waals surface area contributed by atoms with Crippen molar-refractivity contribution in [1.29, 1.82) is 0 Å². The predicted octanol–water partition coefficient (Wildman–Crippen LogP) is 9.78. The van der Waals surface area contributed by atoms with E-state index in [-0.39, 0.29) is 6.04 Å². The van der Waals surface area contributed by atoms with Gasteiger partial charge in [0.05, 0.1) is 6.04 Å². The van der Waals surface area contributed by atoms with Crippen LogP contribution >= 0.6 is 0 Å². The summed E-state index contributed by atoms with van der Waals surface area (Å²) in [5.41, 5.74) is 7.78. The summed E-state index contributed by atoms with van der Waals surface area (Å²) in [6.45, 7) is 19.2. The average Bonchev–Trinajstić information content (AvgIpc) is 3.59. The molecule has 1 unspecified atom stereocenters. The number of piperidine rings is 1. The number of aromatic nitrogens is 2. The Bertz CT molecular complexity index is 2110. The number of halogens is 2. The summed E-state index contributed by atoms with van der Waals surface area (Å²) >= 11 is 0. The number of anilines is 1. The van der Waals surface area contributed by atoms with E-state index >= 15 is 8.78 Å². The van der Waals surface area contributed by atoms with E-state index in [4.69, 9.17) is 5.10 Å². The van der Waals surface area contributed by atoms with Crippen molar-refractivity contribution in [3.63, 3.8) is 0 Å². The molecule has 0 bridgehead atoms. The number of aldehydes is 2. The molecule has 1 aromatic heterocycles. The lowest BCUT2D eigenvalue weighted by Crippen LogP contribution is -2.44. The van der Waals surface area contributed by atoms with Crippen molar-refractivity contribution in [1.82, 2.24) is 24.5 Å². The van der Waals surface area contributed by atoms with Crippen LogP contribution in [0.4, 0.5) is 14.6 Å². The van der Waals surface area contributed by atoms with Crippen LogP contribution in [-0.2, 0) is 29.6 Å². The quantitative estimate of drug-likeness (QED) is 0.0613. The summed E-state index contributed by atoms with van der Waals surface area (Å²) in [5, 5.41) is 5.49. The summed E-state index contributed by atoms with van der Waals surface area (Å²) in [5.74, 6) is 0.418. The lowest BCUT2D eigenvalue weighted by atomic mass is 9.83. The molecule has 6 rings (SSSR count). The van der Waals surface area contributed by atoms with Gasteiger partial charge in [0, 0.05) is 62.7 Å². The van der Waals surface area contributed by atoms with E-state index in [1.54, 1.807) is 11.7 Å². The smallest absolute Gasteiger partial charge is 0.158 e. The van der Waals surface area contributed by atoms with Crippen molar-refractivity contribution < 1.29 is 18.4 Å². The number of fused-ring (bicyclic) bond motifs is 1. The van der Waals surface area contributed by atoms with E-state index in [2.05, 4.69) is 51.8 Å². The molecule has 2 aliphatic heterocycles. The molecule has 0 aliphatic carbocycles. The van der Waals surface area contributed by atoms with Gasteiger partial charge in [-0.1, -0.05) is 68.7 Å². The highest BCUT2D eigenvalue weighted by Crippen LogP contribution is 2.38. The maximum atomic E-state index is 16.4. The van der Waals surface area contributed by atoms with Gasteiger partial charge in [-0.3, -0.25) is 9.58 Å². The lowest BCUT2D eigenvalue weighted by Gasteiger charge is -2.34. The Morgan fingerprint density at radius 2 is 1.63 bits per heavy atom. The van der Waals surface area contributed by atoms with E-state index in [0.29, 0.717) is 47.5 Å². The van der Waals surface area contributed by atoms with E-state index < -0.39 is 11.6 Å². The lowest BCUT2D eigenvalue weighted by molar-refractivity contribution is -0.113. The molecule has 60 heavy (non-hydrogen) atoms. The molecule has 0 radical (unpaired) electrons. The van der Waals surface area contributed by atoms with Gasteiger partial charge in [0.15, 0.2) is 11.6 Å². The standard InChI is InChI=1S/C50H66F2N6O2/c1-7-39-30-36(3)31-42(45(39)34-54(5)41(35-60)17-15-29-59)40-20-23-57(24-21-40)22-14-12-10-9-11-13-16-38-18-19-46(51)43(33-38)47-37(4)32-44-49(48(47)52)55(6)53-50(44)58-27-25-56(8-2)26-28-58/h7-8,18-19,29-33,35,40-41H,1-2,9-17,20-28,34H2,3-6H3. The second-order valence-electron chi connectivity index (χ2n) is 17.2. The molecule has 0 saturated carbocycles. The van der Waals surface area contributed by atoms with Crippen molar-refractivity contribution >= 4 is 35.4 Å². The van der Waals surface area contributed by atoms with E-state index in [1.807, 2.05) is 44.4 Å². The monoisotopic (exact) mass is 821 g/mol. The largest absolute Gasteiger partial charge is 0.374 e. The topological polar surface area (TPSA) is 64.9 Å². The van der Waals surface area contributed by atoms with E-state index in [0.717, 1.165) is 113 Å². The molecule has 322 valence electrons. The van der Waals surface area contributed by atoms with E-state index in [9.17, 15) is 9.59 Å². The van der Waals surface area contributed by atoms with Crippen LogP contribution in [0.25, 0.3) is 28.1 Å². The van der Waals surface area contributed by atoms with Gasteiger partial charge >= 0.3 is 0 Å². The zero-order valence-electron chi connectivity index (χ0n) is 36.5. The third kappa shape index (κ3) is 10.6. The van der Waals surface area contributed by atoms with Crippen LogP contribution in [0.15, 0.2) is 55.8 Å². The Kier molecular flexibility index (Phi) is 15.9. The van der Waals surface area contributed by atoms with Gasteiger partial charge in [0.2, 0.25) is 0 Å². The molecule has 3 aromatic carbocycles. The third-order valence-corrected chi connectivity index (χ3v) is 13.0. The fourth-order valence-corrected chi connectivity index (χ4v) is 9.54. The SMILES string of the molecule is C=Cc1cc(C)cc(C2CCN(CCCCCCCCc3ccc(F)c(-c4c(C)cc5c(N6CCN(C=C)CC6)nn(C)c5c4F)c3)CC2)c1CN(C)C(C=O)CCC=O. The van der Waals surface area contributed by atoms with Crippen LogP contribution in [0.3, 0.4) is 0 Å². The zero-order valence-corrected chi connectivity index (χ0v) is 36.5. The fraction of sp³-hybridized carbons (Fsp3) is 0.500. The van der Waals surface area contributed by atoms with Gasteiger partial charge in [-0.15, -0.1) is 0 Å². The summed E-state index contributed by atoms with van der Waals surface area (Å²) in [6.07, 6.45) is 16.5. The fourth-order valence-electron chi connectivity index (χ4n) is 9.54. The number of carbonyl (C=O) groups excluding carboxylic acids is 2. The summed E-state index contributed by atoms with van der Waals surface area (Å²) in [4.78, 5) is 31.9. The Labute approximate surface area is 356 Å². The average molecular weight is 821 g/mol. The maximum Gasteiger partial charge on any atom is 0.158 e. The Hall–Kier alpha value is -4.67. The molecular weight excluding hydrogens is 755 g/mol. The predicted molar refractivity (Wildman–Crippen MR) is 242 cm³/mol. The molecule has 2 aliphatic rings. The molecule has 1 atom stereocenters. The number of likely N-dealkylation sites (N-methyl/N-ethyl adjacent to an activating group) is 1. The van der Waals surface area contributed by atoms with Crippen molar-refractivity contribution in [2.75, 3.05) is 57.8 Å². The van der Waals surface area contributed by atoms with E-state index in [1.165, 1.54) is 48.4 Å². The zero-order chi connectivity index (χ0) is 42.8. The normalized spacial score (nSPS) is 15.8. The first-order valence-electron chi connectivity index (χ1n) is 22.2. The van der Waals surface area contributed by atoms with Crippen LogP contribution in [0, 0.1) is 25.5 Å². The minimum absolute atomic E-state index is 0.284. The number of likely N-dealkylation sites (tertiary alicyclic amines) is 1. The van der Waals surface area contributed by atoms with Gasteiger partial charge in [-0.25, -0.2) is 8.78 Å². The van der Waals surface area contributed by atoms with Crippen molar-refractivity contribution in [2.45, 2.75) is 103 Å². The second kappa shape index (κ2) is 21.2. The molecule has 2 fully saturated rings. The number of rotatable bonds is 21. The highest BCUT2D eigenvalue weighted by molar-refractivity contribution is 5.95. The number of benzene rings is 3. The number of piperazine rings is 1. The second-order valence-corrected chi connectivity index (χ2v) is 17.2. The number of hydrogen-bond acceptors (Lipinski definition) is 7. The van der Waals surface area contributed by atoms with Gasteiger partial charge in [0.25, 0.3) is 0 Å². The number of aryl methyl sites for hydroxylation is 4. The Balaban J connectivity index is 0.952. The summed E-state index contributed by atoms with van der Waals surface area (Å²) < 4.78 is 33.4. The molecule has 0 amide bonds. The molecule has 3 heterocycles. The molecule has 0 N–H and O–H groups in total. The van der Waals surface area contributed by atoms with Crippen LogP contribution < -0.4 is 4.90 Å². The van der Waals surface area contributed by atoms with Crippen molar-refractivity contribution in [2.24, 2.45) is 7.05 Å². The first-order chi connectivity index (χ1) is 29.1. The third-order valence-electron chi connectivity index (χ3n) is 13.0. The van der Waals surface area contributed by atoms with Gasteiger partial charge in [-0.05, 0) is 137 Å². The van der Waals surface area contributed by atoms with Gasteiger partial charge in [0.1, 0.15) is 23.9 Å². The van der Waals surface area contributed by atoms with Crippen LogP contribution in [0.5, 0.6) is 0 Å². The first-order valence-corrected chi connectivity index (χ1v) is 22.2. The maximum absolute atomic E-state index is 16.4. The molecule has 8 nitrogen and oxygen atoms in total. The van der Waals surface area contributed by atoms with Crippen molar-refractivity contribution in [3.05, 3.63) is 101 Å². The number of hydrogen-bond donors (Lipinski definition) is 0. The minimum Gasteiger partial charge on any atom is -0.374 e. The number of nitrogens with zero attached hydrogens (tertiary/aromatic N) is 6. The summed E-state index contributed by atoms with van der Waals surface area (Å²) in [7, 11) is 3.74. The Morgan fingerprint density at radius 3 is 2.32 bits per heavy atom. The molecule has 4 aromatic rings. The van der Waals surface area contributed by atoms with Gasteiger partial charge in [-0.2, -0.15) is 5.10 Å². The minimum atomic E-state index is -0.420. The first kappa shape index (κ1) is 44.9. The van der Waals surface area contributed by atoms with Crippen molar-refractivity contribution in [3.8, 4) is 11.1 Å². The Morgan fingerprint density at radius 1 is 0.917 bits per heavy atom. The van der Waals surface area contributed by atoms with Crippen LogP contribution in [0.2, 0.25) is 0 Å². The highest BCUT2D eigenvalue weighted by Gasteiger charge is 2.27. The highest BCUT2D eigenvalue weighted by atomic mass is 19.1. The van der Waals surface area contributed by atoms with Gasteiger partial charge < -0.3 is 24.3 Å². The van der Waals surface area contributed by atoms with Crippen LogP contribution in [-0.4, -0.2) is 96.0 Å². The molecular formula is C50H66F2N6O2. The van der Waals surface area contributed by atoms with Crippen LogP contribution in [0.1, 0.15) is 104 Å². The summed E-state index contributed by atoms with van der Waals surface area (Å²) in [6, 6.07) is 11.4. The number of unbranched alkanes of at least 4 members (excludes halogenated alkanes) is 5. The molecule has 2 saturated heterocycles. The number of carbonyl (C=O) groups is 2. The molecule has 0 spiro atoms.